The van der Waals surface area contributed by atoms with E-state index < -0.39 is 17.8 Å². The molecular formula is C22H19F3N4O. The molecule has 0 fully saturated rings. The average molecular weight is 412 g/mol. The van der Waals surface area contributed by atoms with Gasteiger partial charge in [0, 0.05) is 42.0 Å². The molecule has 154 valence electrons. The molecule has 5 nitrogen and oxygen atoms in total. The second-order valence-electron chi connectivity index (χ2n) is 7.06. The lowest BCUT2D eigenvalue weighted by molar-refractivity contribution is -0.137. The number of nitrogens with zero attached hydrogens (tertiary/aromatic N) is 2. The molecule has 0 aliphatic carbocycles. The molecule has 0 amide bonds. The molecule has 0 bridgehead atoms. The summed E-state index contributed by atoms with van der Waals surface area (Å²) in [6, 6.07) is 14.4. The monoisotopic (exact) mass is 412 g/mol. The Morgan fingerprint density at radius 3 is 2.73 bits per heavy atom. The standard InChI is InChI=1S/C22H19F3N4O/c23-22(24,25)18-3-1-2-14(8-18)9-19(26)13-28-21-11-20(29-30-21)16-4-5-17-12-27-7-6-15(17)10-16/h1-8,10-12,19,28H,9,13,26H2. The van der Waals surface area contributed by atoms with E-state index in [1.54, 1.807) is 24.5 Å². The summed E-state index contributed by atoms with van der Waals surface area (Å²) < 4.78 is 43.8. The van der Waals surface area contributed by atoms with Crippen LogP contribution in [0.3, 0.4) is 0 Å². The fraction of sp³-hybridized carbons (Fsp3) is 0.182. The van der Waals surface area contributed by atoms with Crippen LogP contribution >= 0.6 is 0 Å². The van der Waals surface area contributed by atoms with Gasteiger partial charge in [0.2, 0.25) is 5.88 Å². The van der Waals surface area contributed by atoms with Gasteiger partial charge in [-0.2, -0.15) is 13.2 Å². The van der Waals surface area contributed by atoms with Gasteiger partial charge < -0.3 is 15.6 Å². The summed E-state index contributed by atoms with van der Waals surface area (Å²) in [4.78, 5) is 4.10. The molecule has 2 aromatic carbocycles. The van der Waals surface area contributed by atoms with Crippen LogP contribution in [0, 0.1) is 0 Å². The smallest absolute Gasteiger partial charge is 0.352 e. The SMILES string of the molecule is NC(CNc1cc(-c2ccc3cnccc3c2)no1)Cc1cccc(C(F)(F)F)c1. The predicted octanol–water partition coefficient (Wildman–Crippen LogP) is 4.89. The summed E-state index contributed by atoms with van der Waals surface area (Å²) >= 11 is 0. The van der Waals surface area contributed by atoms with E-state index in [-0.39, 0.29) is 0 Å². The second-order valence-corrected chi connectivity index (χ2v) is 7.06. The van der Waals surface area contributed by atoms with E-state index in [9.17, 15) is 13.2 Å². The fourth-order valence-corrected chi connectivity index (χ4v) is 3.22. The predicted molar refractivity (Wildman–Crippen MR) is 109 cm³/mol. The molecule has 30 heavy (non-hydrogen) atoms. The first-order chi connectivity index (χ1) is 14.4. The Bertz CT molecular complexity index is 1160. The van der Waals surface area contributed by atoms with Crippen molar-refractivity contribution >= 4 is 16.7 Å². The van der Waals surface area contributed by atoms with Crippen molar-refractivity contribution in [2.45, 2.75) is 18.6 Å². The van der Waals surface area contributed by atoms with Gasteiger partial charge in [0.25, 0.3) is 0 Å². The number of alkyl halides is 3. The summed E-state index contributed by atoms with van der Waals surface area (Å²) in [6.07, 6.45) is -0.543. The van der Waals surface area contributed by atoms with Crippen LogP contribution in [0.1, 0.15) is 11.1 Å². The molecular weight excluding hydrogens is 393 g/mol. The van der Waals surface area contributed by atoms with E-state index in [4.69, 9.17) is 10.3 Å². The first-order valence-corrected chi connectivity index (χ1v) is 9.35. The van der Waals surface area contributed by atoms with Crippen LogP contribution in [0.25, 0.3) is 22.0 Å². The van der Waals surface area contributed by atoms with Gasteiger partial charge >= 0.3 is 6.18 Å². The Hall–Kier alpha value is -3.39. The molecule has 1 atom stereocenters. The number of aromatic nitrogens is 2. The van der Waals surface area contributed by atoms with Gasteiger partial charge in [-0.15, -0.1) is 0 Å². The van der Waals surface area contributed by atoms with Crippen LogP contribution in [-0.2, 0) is 12.6 Å². The van der Waals surface area contributed by atoms with Crippen molar-refractivity contribution in [1.82, 2.24) is 10.1 Å². The Labute approximate surface area is 170 Å². The maximum Gasteiger partial charge on any atom is 0.416 e. The van der Waals surface area contributed by atoms with Crippen LogP contribution in [0.15, 0.2) is 71.5 Å². The first-order valence-electron chi connectivity index (χ1n) is 9.35. The molecule has 0 spiro atoms. The molecule has 3 N–H and O–H groups in total. The summed E-state index contributed by atoms with van der Waals surface area (Å²) in [7, 11) is 0. The van der Waals surface area contributed by atoms with Crippen LogP contribution in [0.5, 0.6) is 0 Å². The zero-order chi connectivity index (χ0) is 21.1. The summed E-state index contributed by atoms with van der Waals surface area (Å²) in [5.74, 6) is 0.444. The van der Waals surface area contributed by atoms with Gasteiger partial charge in [-0.25, -0.2) is 0 Å². The molecule has 0 saturated carbocycles. The number of nitrogens with two attached hydrogens (primary N) is 1. The van der Waals surface area contributed by atoms with E-state index >= 15 is 0 Å². The number of hydrogen-bond donors (Lipinski definition) is 2. The van der Waals surface area contributed by atoms with Crippen molar-refractivity contribution in [3.05, 3.63) is 78.1 Å². The number of hydrogen-bond acceptors (Lipinski definition) is 5. The number of nitrogens with one attached hydrogen (secondary N) is 1. The quantitative estimate of drug-likeness (QED) is 0.472. The lowest BCUT2D eigenvalue weighted by Crippen LogP contribution is -2.31. The highest BCUT2D eigenvalue weighted by molar-refractivity contribution is 5.86. The van der Waals surface area contributed by atoms with Crippen molar-refractivity contribution in [3.63, 3.8) is 0 Å². The first kappa shape index (κ1) is 19.9. The van der Waals surface area contributed by atoms with Gasteiger partial charge in [0.15, 0.2) is 0 Å². The van der Waals surface area contributed by atoms with Gasteiger partial charge in [0.1, 0.15) is 5.69 Å². The van der Waals surface area contributed by atoms with Crippen molar-refractivity contribution in [2.24, 2.45) is 5.73 Å². The van der Waals surface area contributed by atoms with E-state index in [0.29, 0.717) is 30.1 Å². The van der Waals surface area contributed by atoms with E-state index in [0.717, 1.165) is 28.5 Å². The van der Waals surface area contributed by atoms with E-state index in [1.165, 1.54) is 6.07 Å². The molecule has 4 rings (SSSR count). The Morgan fingerprint density at radius 1 is 1.03 bits per heavy atom. The maximum atomic E-state index is 12.8. The minimum atomic E-state index is -4.37. The fourth-order valence-electron chi connectivity index (χ4n) is 3.22. The normalized spacial score (nSPS) is 12.8. The minimum Gasteiger partial charge on any atom is -0.352 e. The van der Waals surface area contributed by atoms with Crippen LogP contribution < -0.4 is 11.1 Å². The van der Waals surface area contributed by atoms with Crippen LogP contribution in [0.2, 0.25) is 0 Å². The summed E-state index contributed by atoms with van der Waals surface area (Å²) in [5, 5.41) is 9.20. The maximum absolute atomic E-state index is 12.8. The third-order valence-corrected chi connectivity index (χ3v) is 4.74. The molecule has 4 aromatic rings. The molecule has 0 aliphatic rings. The average Bonchev–Trinajstić information content (AvgIpc) is 3.21. The van der Waals surface area contributed by atoms with Gasteiger partial charge in [-0.05, 0) is 35.6 Å². The van der Waals surface area contributed by atoms with Crippen molar-refractivity contribution in [2.75, 3.05) is 11.9 Å². The summed E-state index contributed by atoms with van der Waals surface area (Å²) in [5.41, 5.74) is 7.51. The number of fused-ring (bicyclic) bond motifs is 1. The molecule has 0 aliphatic heterocycles. The lowest BCUT2D eigenvalue weighted by atomic mass is 10.0. The zero-order valence-electron chi connectivity index (χ0n) is 15.9. The topological polar surface area (TPSA) is 77.0 Å². The molecule has 1 unspecified atom stereocenters. The highest BCUT2D eigenvalue weighted by Crippen LogP contribution is 2.30. The Balaban J connectivity index is 1.38. The molecule has 8 heteroatoms. The second kappa shape index (κ2) is 8.16. The number of pyridine rings is 1. The minimum absolute atomic E-state index is 0.302. The number of benzene rings is 2. The third kappa shape index (κ3) is 4.60. The Kier molecular flexibility index (Phi) is 5.41. The van der Waals surface area contributed by atoms with E-state index in [1.807, 2.05) is 24.3 Å². The zero-order valence-corrected chi connectivity index (χ0v) is 15.9. The van der Waals surface area contributed by atoms with Crippen LogP contribution in [-0.4, -0.2) is 22.7 Å². The van der Waals surface area contributed by atoms with Crippen molar-refractivity contribution in [3.8, 4) is 11.3 Å². The van der Waals surface area contributed by atoms with E-state index in [2.05, 4.69) is 15.5 Å². The number of halogens is 3. The highest BCUT2D eigenvalue weighted by atomic mass is 19.4. The Morgan fingerprint density at radius 2 is 1.90 bits per heavy atom. The number of rotatable bonds is 6. The third-order valence-electron chi connectivity index (χ3n) is 4.74. The molecule has 2 heterocycles. The largest absolute Gasteiger partial charge is 0.416 e. The molecule has 0 saturated heterocycles. The van der Waals surface area contributed by atoms with Crippen molar-refractivity contribution in [1.29, 1.82) is 0 Å². The highest BCUT2D eigenvalue weighted by Gasteiger charge is 2.30. The van der Waals surface area contributed by atoms with Gasteiger partial charge in [-0.1, -0.05) is 35.5 Å². The van der Waals surface area contributed by atoms with Crippen LogP contribution in [0.4, 0.5) is 19.1 Å². The lowest BCUT2D eigenvalue weighted by Gasteiger charge is -2.13. The molecule has 0 radical (unpaired) electrons. The molecule has 2 aromatic heterocycles. The van der Waals surface area contributed by atoms with Gasteiger partial charge in [0.05, 0.1) is 5.56 Å². The van der Waals surface area contributed by atoms with Crippen molar-refractivity contribution < 1.29 is 17.7 Å². The van der Waals surface area contributed by atoms with Gasteiger partial charge in [-0.3, -0.25) is 4.98 Å². The summed E-state index contributed by atoms with van der Waals surface area (Å²) in [6.45, 7) is 0.328. The number of anilines is 1.